The van der Waals surface area contributed by atoms with Crippen LogP contribution in [0.5, 0.6) is 0 Å². The van der Waals surface area contributed by atoms with Gasteiger partial charge >= 0.3 is 0 Å². The Bertz CT molecular complexity index is 1280. The first-order valence-electron chi connectivity index (χ1n) is 8.97. The van der Waals surface area contributed by atoms with Crippen LogP contribution in [0.1, 0.15) is 5.69 Å². The molecule has 9 heteroatoms. The molecule has 0 spiro atoms. The van der Waals surface area contributed by atoms with E-state index in [2.05, 4.69) is 15.3 Å². The maximum Gasteiger partial charge on any atom is 0.283 e. The van der Waals surface area contributed by atoms with E-state index in [-0.39, 0.29) is 17.2 Å². The third kappa shape index (κ3) is 4.11. The van der Waals surface area contributed by atoms with Crippen molar-refractivity contribution in [2.75, 3.05) is 11.1 Å². The number of aryl methyl sites for hydroxylation is 1. The molecule has 2 aromatic heterocycles. The highest BCUT2D eigenvalue weighted by Crippen LogP contribution is 2.22. The zero-order valence-electron chi connectivity index (χ0n) is 15.8. The van der Waals surface area contributed by atoms with Crippen molar-refractivity contribution in [2.24, 2.45) is 0 Å². The Morgan fingerprint density at radius 1 is 1.10 bits per heavy atom. The zero-order valence-corrected chi connectivity index (χ0v) is 16.6. The second-order valence-corrected chi connectivity index (χ2v) is 7.51. The Morgan fingerprint density at radius 2 is 1.73 bits per heavy atom. The normalized spacial score (nSPS) is 11.0. The molecule has 1 amide bonds. The smallest absolute Gasteiger partial charge is 0.283 e. The van der Waals surface area contributed by atoms with Crippen LogP contribution in [0.25, 0.3) is 16.7 Å². The molecule has 0 aliphatic carbocycles. The molecule has 2 heterocycles. The lowest BCUT2D eigenvalue weighted by Crippen LogP contribution is -2.23. The molecule has 4 rings (SSSR count). The molecule has 0 atom stereocenters. The summed E-state index contributed by atoms with van der Waals surface area (Å²) in [5.41, 5.74) is 2.14. The van der Waals surface area contributed by atoms with Gasteiger partial charge in [-0.05, 0) is 61.5 Å². The lowest BCUT2D eigenvalue weighted by Gasteiger charge is -2.12. The van der Waals surface area contributed by atoms with E-state index >= 15 is 0 Å². The molecule has 0 aliphatic rings. The number of nitrogens with zero attached hydrogens (tertiary/aromatic N) is 2. The second-order valence-electron chi connectivity index (χ2n) is 6.57. The van der Waals surface area contributed by atoms with E-state index in [1.807, 2.05) is 6.92 Å². The first kappa shape index (κ1) is 19.8. The van der Waals surface area contributed by atoms with E-state index in [4.69, 9.17) is 0 Å². The van der Waals surface area contributed by atoms with Crippen LogP contribution < -0.4 is 10.9 Å². The summed E-state index contributed by atoms with van der Waals surface area (Å²) in [6, 6.07) is 12.6. The van der Waals surface area contributed by atoms with Gasteiger partial charge in [0.15, 0.2) is 5.16 Å². The lowest BCUT2D eigenvalue weighted by atomic mass is 10.3. The molecule has 0 radical (unpaired) electrons. The average Bonchev–Trinajstić information content (AvgIpc) is 3.10. The Labute approximate surface area is 174 Å². The van der Waals surface area contributed by atoms with Gasteiger partial charge in [-0.1, -0.05) is 11.8 Å². The molecule has 0 unspecified atom stereocenters. The predicted octanol–water partition coefficient (Wildman–Crippen LogP) is 4.03. The molecule has 2 N–H and O–H groups in total. The summed E-state index contributed by atoms with van der Waals surface area (Å²) in [6.45, 7) is 1.81. The van der Waals surface area contributed by atoms with E-state index in [9.17, 15) is 18.4 Å². The van der Waals surface area contributed by atoms with Crippen LogP contribution in [0.2, 0.25) is 0 Å². The highest BCUT2D eigenvalue weighted by molar-refractivity contribution is 7.99. The summed E-state index contributed by atoms with van der Waals surface area (Å²) in [5.74, 6) is -1.19. The van der Waals surface area contributed by atoms with Gasteiger partial charge in [-0.3, -0.25) is 14.2 Å². The highest BCUT2D eigenvalue weighted by Gasteiger charge is 2.16. The van der Waals surface area contributed by atoms with Crippen LogP contribution in [-0.4, -0.2) is 26.2 Å². The second kappa shape index (κ2) is 8.11. The van der Waals surface area contributed by atoms with Crippen LogP contribution in [0.4, 0.5) is 14.5 Å². The van der Waals surface area contributed by atoms with Crippen LogP contribution in [0.3, 0.4) is 0 Å². The maximum absolute atomic E-state index is 13.4. The van der Waals surface area contributed by atoms with Crippen LogP contribution in [0, 0.1) is 18.6 Å². The number of halogens is 2. The highest BCUT2D eigenvalue weighted by atomic mass is 32.2. The minimum absolute atomic E-state index is 0.0279. The van der Waals surface area contributed by atoms with Crippen molar-refractivity contribution >= 4 is 34.4 Å². The van der Waals surface area contributed by atoms with Gasteiger partial charge < -0.3 is 10.3 Å². The largest absolute Gasteiger partial charge is 0.353 e. The number of nitrogens with one attached hydrogen (secondary N) is 2. The summed E-state index contributed by atoms with van der Waals surface area (Å²) in [4.78, 5) is 32.9. The van der Waals surface area contributed by atoms with Crippen LogP contribution >= 0.6 is 11.8 Å². The minimum atomic E-state index is -0.426. The van der Waals surface area contributed by atoms with Gasteiger partial charge in [-0.2, -0.15) is 0 Å². The number of hydrogen-bond acceptors (Lipinski definition) is 4. The Hall–Kier alpha value is -3.46. The number of fused-ring (bicyclic) bond motifs is 1. The number of amides is 1. The Balaban J connectivity index is 1.65. The van der Waals surface area contributed by atoms with E-state index in [0.29, 0.717) is 27.6 Å². The fraction of sp³-hybridized carbons (Fsp3) is 0.0952. The molecule has 0 bridgehead atoms. The third-order valence-corrected chi connectivity index (χ3v) is 5.24. The van der Waals surface area contributed by atoms with E-state index in [1.165, 1.54) is 53.1 Å². The van der Waals surface area contributed by atoms with Gasteiger partial charge in [-0.15, -0.1) is 0 Å². The molecule has 0 saturated carbocycles. The molecule has 2 aromatic carbocycles. The summed E-state index contributed by atoms with van der Waals surface area (Å²) < 4.78 is 27.7. The first-order chi connectivity index (χ1) is 14.4. The summed E-state index contributed by atoms with van der Waals surface area (Å²) in [6.07, 6.45) is 0. The molecule has 0 aliphatic heterocycles. The number of H-pyrrole nitrogens is 1. The van der Waals surface area contributed by atoms with Crippen molar-refractivity contribution in [3.8, 4) is 5.69 Å². The molecular weight excluding hydrogens is 410 g/mol. The Kier molecular flexibility index (Phi) is 5.37. The van der Waals surface area contributed by atoms with E-state index < -0.39 is 11.6 Å². The number of rotatable bonds is 5. The van der Waals surface area contributed by atoms with Crippen molar-refractivity contribution < 1.29 is 13.6 Å². The number of thioether (sulfide) groups is 1. The van der Waals surface area contributed by atoms with Crippen molar-refractivity contribution in [1.82, 2.24) is 14.5 Å². The average molecular weight is 426 g/mol. The number of carbonyl (C=O) groups excluding carboxylic acids is 1. The molecule has 152 valence electrons. The van der Waals surface area contributed by atoms with Crippen LogP contribution in [0.15, 0.2) is 64.5 Å². The van der Waals surface area contributed by atoms with Gasteiger partial charge in [0.25, 0.3) is 5.56 Å². The first-order valence-corrected chi connectivity index (χ1v) is 9.96. The monoisotopic (exact) mass is 426 g/mol. The van der Waals surface area contributed by atoms with Crippen LogP contribution in [-0.2, 0) is 4.79 Å². The zero-order chi connectivity index (χ0) is 21.3. The van der Waals surface area contributed by atoms with E-state index in [1.54, 1.807) is 6.07 Å². The van der Waals surface area contributed by atoms with Gasteiger partial charge in [0, 0.05) is 11.4 Å². The molecule has 6 nitrogen and oxygen atoms in total. The van der Waals surface area contributed by atoms with Gasteiger partial charge in [-0.25, -0.2) is 13.8 Å². The number of benzene rings is 2. The Morgan fingerprint density at radius 3 is 2.40 bits per heavy atom. The SMILES string of the molecule is Cc1cc2nc(SCC(=O)Nc3ccc(F)cc3)n(-c3ccc(F)cc3)c(=O)c2[nH]1. The maximum atomic E-state index is 13.4. The summed E-state index contributed by atoms with van der Waals surface area (Å²) in [5, 5.41) is 2.96. The number of carbonyl (C=O) groups is 1. The standard InChI is InChI=1S/C21H16F2N4O2S/c1-12-10-17-19(24-12)20(29)27(16-8-4-14(23)5-9-16)21(26-17)30-11-18(28)25-15-6-2-13(22)3-7-15/h2-10,24H,11H2,1H3,(H,25,28). The molecule has 4 aromatic rings. The fourth-order valence-electron chi connectivity index (χ4n) is 2.95. The van der Waals surface area contributed by atoms with Crippen molar-refractivity contribution in [3.05, 3.63) is 82.3 Å². The molecule has 0 saturated heterocycles. The fourth-order valence-corrected chi connectivity index (χ4v) is 3.77. The third-order valence-electron chi connectivity index (χ3n) is 4.30. The van der Waals surface area contributed by atoms with Gasteiger partial charge in [0.1, 0.15) is 17.2 Å². The van der Waals surface area contributed by atoms with E-state index in [0.717, 1.165) is 17.5 Å². The molecular formula is C21H16F2N4O2S. The quantitative estimate of drug-likeness (QED) is 0.373. The number of anilines is 1. The lowest BCUT2D eigenvalue weighted by molar-refractivity contribution is -0.113. The van der Waals surface area contributed by atoms with Gasteiger partial charge in [0.2, 0.25) is 5.91 Å². The van der Waals surface area contributed by atoms with Crippen molar-refractivity contribution in [1.29, 1.82) is 0 Å². The minimum Gasteiger partial charge on any atom is -0.353 e. The molecule has 30 heavy (non-hydrogen) atoms. The van der Waals surface area contributed by atoms with Gasteiger partial charge in [0.05, 0.1) is 17.0 Å². The van der Waals surface area contributed by atoms with Crippen molar-refractivity contribution in [2.45, 2.75) is 12.1 Å². The molecule has 0 fully saturated rings. The topological polar surface area (TPSA) is 79.8 Å². The number of aromatic nitrogens is 3. The summed E-state index contributed by atoms with van der Waals surface area (Å²) >= 11 is 1.07. The van der Waals surface area contributed by atoms with Crippen molar-refractivity contribution in [3.63, 3.8) is 0 Å². The number of aromatic amines is 1. The number of hydrogen-bond donors (Lipinski definition) is 2. The predicted molar refractivity (Wildman–Crippen MR) is 112 cm³/mol. The summed E-state index contributed by atoms with van der Waals surface area (Å²) in [7, 11) is 0.